The molecule has 0 radical (unpaired) electrons. The van der Waals surface area contributed by atoms with Crippen molar-refractivity contribution in [2.24, 2.45) is 0 Å². The molecule has 0 saturated heterocycles. The number of para-hydroxylation sites is 1. The molecule has 1 atom stereocenters. The molecule has 0 saturated carbocycles. The summed E-state index contributed by atoms with van der Waals surface area (Å²) in [7, 11) is 0. The summed E-state index contributed by atoms with van der Waals surface area (Å²) in [4.78, 5) is 0. The summed E-state index contributed by atoms with van der Waals surface area (Å²) in [6.07, 6.45) is 0. The first-order valence-electron chi connectivity index (χ1n) is 8.36. The van der Waals surface area contributed by atoms with E-state index in [-0.39, 0.29) is 5.82 Å². The number of anilines is 1. The van der Waals surface area contributed by atoms with Crippen molar-refractivity contribution in [3.63, 3.8) is 0 Å². The van der Waals surface area contributed by atoms with Gasteiger partial charge >= 0.3 is 0 Å². The van der Waals surface area contributed by atoms with Crippen LogP contribution in [-0.4, -0.2) is 10.2 Å². The number of nitrogens with one attached hydrogen (secondary N) is 1. The first-order valence-corrected chi connectivity index (χ1v) is 8.74. The number of nitrogens with zero attached hydrogens (tertiary/aromatic N) is 2. The highest BCUT2D eigenvalue weighted by Gasteiger charge is 2.23. The van der Waals surface area contributed by atoms with Crippen LogP contribution in [0, 0.1) is 5.82 Å². The minimum atomic E-state index is -0.508. The predicted octanol–water partition coefficient (Wildman–Crippen LogP) is 5.73. The van der Waals surface area contributed by atoms with Gasteiger partial charge in [-0.05, 0) is 29.8 Å². The van der Waals surface area contributed by atoms with Crippen molar-refractivity contribution in [2.75, 3.05) is 5.32 Å². The molecule has 27 heavy (non-hydrogen) atoms. The fourth-order valence-electron chi connectivity index (χ4n) is 2.76. The molecule has 4 rings (SSSR count). The number of halogens is 2. The number of hydrogen-bond donors (Lipinski definition) is 1. The van der Waals surface area contributed by atoms with Crippen LogP contribution in [0.25, 0.3) is 11.5 Å². The smallest absolute Gasteiger partial charge is 0.249 e. The standard InChI is InChI=1S/C21H15ClFN3O/c22-16-11-5-4-10-15(16)20-25-26-21(27-20)19(14-8-2-1-3-9-14)24-18-13-7-6-12-17(18)23/h1-13,19,24H/t19-/m1/s1. The van der Waals surface area contributed by atoms with Crippen LogP contribution in [0.1, 0.15) is 17.5 Å². The van der Waals surface area contributed by atoms with E-state index < -0.39 is 6.04 Å². The van der Waals surface area contributed by atoms with E-state index in [9.17, 15) is 4.39 Å². The highest BCUT2D eigenvalue weighted by atomic mass is 35.5. The van der Waals surface area contributed by atoms with E-state index in [2.05, 4.69) is 15.5 Å². The van der Waals surface area contributed by atoms with Gasteiger partial charge in [-0.15, -0.1) is 10.2 Å². The summed E-state index contributed by atoms with van der Waals surface area (Å²) >= 11 is 6.22. The molecule has 6 heteroatoms. The Morgan fingerprint density at radius 3 is 2.33 bits per heavy atom. The lowest BCUT2D eigenvalue weighted by atomic mass is 10.1. The molecule has 0 spiro atoms. The van der Waals surface area contributed by atoms with E-state index in [1.54, 1.807) is 30.3 Å². The van der Waals surface area contributed by atoms with Crippen molar-refractivity contribution in [3.05, 3.63) is 101 Å². The average molecular weight is 380 g/mol. The zero-order chi connectivity index (χ0) is 18.6. The Bertz CT molecular complexity index is 1050. The van der Waals surface area contributed by atoms with Gasteiger partial charge in [0.2, 0.25) is 11.8 Å². The number of aromatic nitrogens is 2. The summed E-state index contributed by atoms with van der Waals surface area (Å²) in [5, 5.41) is 12.0. The Hall–Kier alpha value is -3.18. The van der Waals surface area contributed by atoms with Crippen molar-refractivity contribution in [1.82, 2.24) is 10.2 Å². The molecule has 0 bridgehead atoms. The second-order valence-electron chi connectivity index (χ2n) is 5.89. The molecular formula is C21H15ClFN3O. The Morgan fingerprint density at radius 2 is 1.56 bits per heavy atom. The maximum absolute atomic E-state index is 14.2. The van der Waals surface area contributed by atoms with Crippen LogP contribution in [-0.2, 0) is 0 Å². The maximum atomic E-state index is 14.2. The average Bonchev–Trinajstić information content (AvgIpc) is 3.18. The van der Waals surface area contributed by atoms with Gasteiger partial charge in [0.05, 0.1) is 16.3 Å². The zero-order valence-corrected chi connectivity index (χ0v) is 14.9. The minimum absolute atomic E-state index is 0.312. The van der Waals surface area contributed by atoms with E-state index in [1.807, 2.05) is 42.5 Å². The van der Waals surface area contributed by atoms with Gasteiger partial charge < -0.3 is 9.73 Å². The molecule has 4 nitrogen and oxygen atoms in total. The van der Waals surface area contributed by atoms with Gasteiger partial charge in [0.15, 0.2) is 0 Å². The molecule has 0 aliphatic rings. The molecule has 134 valence electrons. The van der Waals surface area contributed by atoms with Gasteiger partial charge in [0.25, 0.3) is 0 Å². The van der Waals surface area contributed by atoms with Crippen LogP contribution in [0.3, 0.4) is 0 Å². The van der Waals surface area contributed by atoms with Gasteiger partial charge in [-0.1, -0.05) is 66.2 Å². The Morgan fingerprint density at radius 1 is 0.852 bits per heavy atom. The van der Waals surface area contributed by atoms with Gasteiger partial charge in [0, 0.05) is 0 Å². The van der Waals surface area contributed by atoms with E-state index in [0.717, 1.165) is 5.56 Å². The van der Waals surface area contributed by atoms with E-state index >= 15 is 0 Å². The van der Waals surface area contributed by atoms with Crippen LogP contribution in [0.15, 0.2) is 83.3 Å². The zero-order valence-electron chi connectivity index (χ0n) is 14.1. The lowest BCUT2D eigenvalue weighted by Crippen LogP contribution is -2.13. The molecule has 0 fully saturated rings. The Labute approximate surface area is 160 Å². The lowest BCUT2D eigenvalue weighted by Gasteiger charge is -2.17. The van der Waals surface area contributed by atoms with Crippen LogP contribution < -0.4 is 5.32 Å². The van der Waals surface area contributed by atoms with E-state index in [1.165, 1.54) is 6.07 Å². The molecule has 1 heterocycles. The van der Waals surface area contributed by atoms with Crippen molar-refractivity contribution in [2.45, 2.75) is 6.04 Å². The van der Waals surface area contributed by atoms with E-state index in [4.69, 9.17) is 16.0 Å². The van der Waals surface area contributed by atoms with Crippen LogP contribution in [0.4, 0.5) is 10.1 Å². The molecule has 0 amide bonds. The summed E-state index contributed by atoms with van der Waals surface area (Å²) in [5.74, 6) is 0.274. The monoisotopic (exact) mass is 379 g/mol. The quantitative estimate of drug-likeness (QED) is 0.481. The third kappa shape index (κ3) is 3.68. The summed E-state index contributed by atoms with van der Waals surface area (Å²) < 4.78 is 20.0. The van der Waals surface area contributed by atoms with Crippen molar-refractivity contribution < 1.29 is 8.81 Å². The maximum Gasteiger partial charge on any atom is 0.249 e. The number of hydrogen-bond acceptors (Lipinski definition) is 4. The Kier molecular flexibility index (Phi) is 4.85. The fourth-order valence-corrected chi connectivity index (χ4v) is 2.98. The van der Waals surface area contributed by atoms with Gasteiger partial charge in [0.1, 0.15) is 11.9 Å². The highest BCUT2D eigenvalue weighted by Crippen LogP contribution is 2.31. The summed E-state index contributed by atoms with van der Waals surface area (Å²) in [6.45, 7) is 0. The van der Waals surface area contributed by atoms with Crippen molar-refractivity contribution in [3.8, 4) is 11.5 Å². The molecule has 0 aliphatic carbocycles. The second kappa shape index (κ2) is 7.60. The molecule has 1 aromatic heterocycles. The predicted molar refractivity (Wildman–Crippen MR) is 103 cm³/mol. The van der Waals surface area contributed by atoms with Crippen LogP contribution in [0.2, 0.25) is 5.02 Å². The van der Waals surface area contributed by atoms with E-state index in [0.29, 0.717) is 28.1 Å². The molecule has 1 N–H and O–H groups in total. The lowest BCUT2D eigenvalue weighted by molar-refractivity contribution is 0.493. The normalized spacial score (nSPS) is 11.9. The second-order valence-corrected chi connectivity index (χ2v) is 6.30. The number of benzene rings is 3. The largest absolute Gasteiger partial charge is 0.418 e. The fraction of sp³-hybridized carbons (Fsp3) is 0.0476. The van der Waals surface area contributed by atoms with Gasteiger partial charge in [-0.25, -0.2) is 4.39 Å². The number of rotatable bonds is 5. The third-order valence-electron chi connectivity index (χ3n) is 4.10. The third-order valence-corrected chi connectivity index (χ3v) is 4.43. The summed E-state index contributed by atoms with van der Waals surface area (Å²) in [6, 6.07) is 22.7. The molecule has 0 unspecified atom stereocenters. The van der Waals surface area contributed by atoms with Gasteiger partial charge in [-0.2, -0.15) is 0 Å². The molecule has 4 aromatic rings. The first-order chi connectivity index (χ1) is 13.2. The Balaban J connectivity index is 1.74. The summed E-state index contributed by atoms with van der Waals surface area (Å²) in [5.41, 5.74) is 1.87. The van der Waals surface area contributed by atoms with Crippen molar-refractivity contribution in [1.29, 1.82) is 0 Å². The minimum Gasteiger partial charge on any atom is -0.418 e. The first kappa shape index (κ1) is 17.2. The topological polar surface area (TPSA) is 51.0 Å². The SMILES string of the molecule is Fc1ccccc1N[C@H](c1ccccc1)c1nnc(-c2ccccc2Cl)o1. The molecular weight excluding hydrogens is 365 g/mol. The van der Waals surface area contributed by atoms with Crippen LogP contribution >= 0.6 is 11.6 Å². The molecule has 0 aliphatic heterocycles. The highest BCUT2D eigenvalue weighted by molar-refractivity contribution is 6.33. The van der Waals surface area contributed by atoms with Crippen molar-refractivity contribution >= 4 is 17.3 Å². The molecule has 3 aromatic carbocycles. The van der Waals surface area contributed by atoms with Crippen LogP contribution in [0.5, 0.6) is 0 Å². The van der Waals surface area contributed by atoms with Gasteiger partial charge in [-0.3, -0.25) is 0 Å².